The summed E-state index contributed by atoms with van der Waals surface area (Å²) in [4.78, 5) is 10.9. The molecule has 5 heteroatoms. The standard InChI is InChI=1S/C7H14NO3S/c1-4-7(2,6(8)9)5-12(3,10)11/h4H,5H2,1-3H3,(H2,8,9)/t7-/m1/s1. The fourth-order valence-corrected chi connectivity index (χ4v) is 2.24. The number of carbonyl (C=O) groups excluding carboxylic acids is 1. The van der Waals surface area contributed by atoms with Crippen LogP contribution in [0.25, 0.3) is 0 Å². The SMILES string of the molecule is C[CH][C@](C)(CS(C)(=O)=O)C(N)=O. The van der Waals surface area contributed by atoms with Crippen LogP contribution in [0.2, 0.25) is 0 Å². The van der Waals surface area contributed by atoms with Crippen LogP contribution >= 0.6 is 0 Å². The van der Waals surface area contributed by atoms with Crippen molar-refractivity contribution in [1.29, 1.82) is 0 Å². The van der Waals surface area contributed by atoms with Gasteiger partial charge in [-0.3, -0.25) is 4.79 Å². The summed E-state index contributed by atoms with van der Waals surface area (Å²) >= 11 is 0. The highest BCUT2D eigenvalue weighted by Crippen LogP contribution is 2.21. The quantitative estimate of drug-likeness (QED) is 0.667. The lowest BCUT2D eigenvalue weighted by Crippen LogP contribution is -2.39. The van der Waals surface area contributed by atoms with Gasteiger partial charge < -0.3 is 5.73 Å². The molecule has 0 saturated heterocycles. The molecule has 0 aromatic carbocycles. The minimum absolute atomic E-state index is 0.230. The van der Waals surface area contributed by atoms with Crippen LogP contribution in [-0.2, 0) is 14.6 Å². The Bertz CT molecular complexity index is 270. The Kier molecular flexibility index (Phi) is 3.26. The third-order valence-electron chi connectivity index (χ3n) is 1.76. The first kappa shape index (κ1) is 11.4. The Morgan fingerprint density at radius 3 is 2.08 bits per heavy atom. The van der Waals surface area contributed by atoms with E-state index in [4.69, 9.17) is 5.73 Å². The predicted molar refractivity (Wildman–Crippen MR) is 47.0 cm³/mol. The normalized spacial score (nSPS) is 16.9. The van der Waals surface area contributed by atoms with Gasteiger partial charge in [0.15, 0.2) is 0 Å². The number of nitrogens with two attached hydrogens (primary N) is 1. The molecule has 0 aromatic rings. The smallest absolute Gasteiger partial charge is 0.224 e. The van der Waals surface area contributed by atoms with Crippen LogP contribution in [0.1, 0.15) is 13.8 Å². The molecule has 0 rings (SSSR count). The number of primary amides is 1. The lowest BCUT2D eigenvalue weighted by atomic mass is 9.89. The van der Waals surface area contributed by atoms with Crippen LogP contribution < -0.4 is 5.73 Å². The maximum absolute atomic E-state index is 10.9. The predicted octanol–water partition coefficient (Wildman–Crippen LogP) is -0.253. The zero-order chi connectivity index (χ0) is 9.99. The second-order valence-electron chi connectivity index (χ2n) is 3.14. The van der Waals surface area contributed by atoms with Gasteiger partial charge in [-0.2, -0.15) is 0 Å². The molecule has 0 fully saturated rings. The second-order valence-corrected chi connectivity index (χ2v) is 5.28. The van der Waals surface area contributed by atoms with Gasteiger partial charge in [-0.05, 0) is 13.3 Å². The molecule has 12 heavy (non-hydrogen) atoms. The number of sulfone groups is 1. The van der Waals surface area contributed by atoms with Crippen molar-refractivity contribution in [2.45, 2.75) is 13.8 Å². The first-order chi connectivity index (χ1) is 5.21. The Hall–Kier alpha value is -0.580. The molecule has 0 spiro atoms. The molecule has 0 bridgehead atoms. The molecule has 0 aliphatic heterocycles. The zero-order valence-electron chi connectivity index (χ0n) is 7.49. The Morgan fingerprint density at radius 2 is 2.00 bits per heavy atom. The van der Waals surface area contributed by atoms with E-state index in [2.05, 4.69) is 0 Å². The molecule has 1 amide bonds. The fourth-order valence-electron chi connectivity index (χ4n) is 0.841. The van der Waals surface area contributed by atoms with Crippen LogP contribution in [0.15, 0.2) is 0 Å². The third-order valence-corrected chi connectivity index (χ3v) is 2.89. The molecule has 2 N–H and O–H groups in total. The van der Waals surface area contributed by atoms with Crippen molar-refractivity contribution in [3.8, 4) is 0 Å². The van der Waals surface area contributed by atoms with Crippen molar-refractivity contribution in [1.82, 2.24) is 0 Å². The maximum Gasteiger partial charge on any atom is 0.224 e. The lowest BCUT2D eigenvalue weighted by Gasteiger charge is -2.22. The van der Waals surface area contributed by atoms with Crippen molar-refractivity contribution in [2.24, 2.45) is 11.1 Å². The summed E-state index contributed by atoms with van der Waals surface area (Å²) in [6.45, 7) is 3.13. The van der Waals surface area contributed by atoms with E-state index in [0.717, 1.165) is 6.26 Å². The summed E-state index contributed by atoms with van der Waals surface area (Å²) in [5.74, 6) is -0.846. The fraction of sp³-hybridized carbons (Fsp3) is 0.714. The Morgan fingerprint density at radius 1 is 1.58 bits per heavy atom. The summed E-state index contributed by atoms with van der Waals surface area (Å²) < 4.78 is 21.8. The van der Waals surface area contributed by atoms with Gasteiger partial charge >= 0.3 is 0 Å². The average molecular weight is 192 g/mol. The molecule has 0 aliphatic rings. The van der Waals surface area contributed by atoms with Crippen LogP contribution in [0.4, 0.5) is 0 Å². The van der Waals surface area contributed by atoms with Gasteiger partial charge in [0.25, 0.3) is 0 Å². The van der Waals surface area contributed by atoms with Crippen LogP contribution in [0, 0.1) is 11.8 Å². The zero-order valence-corrected chi connectivity index (χ0v) is 8.31. The monoisotopic (exact) mass is 192 g/mol. The van der Waals surface area contributed by atoms with Gasteiger partial charge in [-0.1, -0.05) is 6.92 Å². The molecule has 0 aliphatic carbocycles. The van der Waals surface area contributed by atoms with Gasteiger partial charge in [0, 0.05) is 6.26 Å². The molecule has 1 atom stereocenters. The summed E-state index contributed by atoms with van der Waals surface area (Å²) in [5, 5.41) is 0. The third kappa shape index (κ3) is 3.21. The van der Waals surface area contributed by atoms with E-state index in [1.54, 1.807) is 6.92 Å². The van der Waals surface area contributed by atoms with E-state index in [-0.39, 0.29) is 5.75 Å². The van der Waals surface area contributed by atoms with Gasteiger partial charge in [0.05, 0.1) is 11.2 Å². The number of carbonyl (C=O) groups is 1. The highest BCUT2D eigenvalue weighted by atomic mass is 32.2. The molecule has 0 heterocycles. The summed E-state index contributed by atoms with van der Waals surface area (Å²) in [6.07, 6.45) is 2.59. The highest BCUT2D eigenvalue weighted by molar-refractivity contribution is 7.90. The van der Waals surface area contributed by atoms with E-state index in [1.807, 2.05) is 0 Å². The minimum Gasteiger partial charge on any atom is -0.369 e. The van der Waals surface area contributed by atoms with Crippen LogP contribution in [0.3, 0.4) is 0 Å². The van der Waals surface area contributed by atoms with E-state index < -0.39 is 21.2 Å². The van der Waals surface area contributed by atoms with E-state index in [1.165, 1.54) is 13.3 Å². The summed E-state index contributed by atoms with van der Waals surface area (Å²) in [5.41, 5.74) is 4.01. The Labute approximate surface area is 73.1 Å². The molecule has 0 aromatic heterocycles. The van der Waals surface area contributed by atoms with Crippen LogP contribution in [-0.4, -0.2) is 26.3 Å². The summed E-state index contributed by atoms with van der Waals surface area (Å²) in [6, 6.07) is 0. The molecular formula is C7H14NO3S. The van der Waals surface area contributed by atoms with Gasteiger partial charge in [-0.25, -0.2) is 8.42 Å². The van der Waals surface area contributed by atoms with Crippen molar-refractivity contribution in [3.63, 3.8) is 0 Å². The van der Waals surface area contributed by atoms with E-state index in [9.17, 15) is 13.2 Å². The van der Waals surface area contributed by atoms with Crippen LogP contribution in [0.5, 0.6) is 0 Å². The van der Waals surface area contributed by atoms with Gasteiger partial charge in [-0.15, -0.1) is 0 Å². The molecule has 0 unspecified atom stereocenters. The second kappa shape index (κ2) is 3.43. The number of amides is 1. The molecule has 1 radical (unpaired) electrons. The molecule has 4 nitrogen and oxygen atoms in total. The first-order valence-corrected chi connectivity index (χ1v) is 5.55. The van der Waals surface area contributed by atoms with Crippen molar-refractivity contribution >= 4 is 15.7 Å². The van der Waals surface area contributed by atoms with Crippen molar-refractivity contribution in [2.75, 3.05) is 12.0 Å². The van der Waals surface area contributed by atoms with E-state index >= 15 is 0 Å². The Balaban J connectivity index is 4.69. The molecule has 0 saturated carbocycles. The lowest BCUT2D eigenvalue weighted by molar-refractivity contribution is -0.124. The van der Waals surface area contributed by atoms with Gasteiger partial charge in [0.2, 0.25) is 5.91 Å². The van der Waals surface area contributed by atoms with Crippen molar-refractivity contribution in [3.05, 3.63) is 6.42 Å². The van der Waals surface area contributed by atoms with Crippen molar-refractivity contribution < 1.29 is 13.2 Å². The topological polar surface area (TPSA) is 77.2 Å². The van der Waals surface area contributed by atoms with E-state index in [0.29, 0.717) is 0 Å². The molecular weight excluding hydrogens is 178 g/mol. The van der Waals surface area contributed by atoms with Gasteiger partial charge in [0.1, 0.15) is 9.84 Å². The number of rotatable bonds is 4. The first-order valence-electron chi connectivity index (χ1n) is 3.49. The average Bonchev–Trinajstić information content (AvgIpc) is 1.83. The minimum atomic E-state index is -3.17. The number of hydrogen-bond acceptors (Lipinski definition) is 3. The maximum atomic E-state index is 10.9. The molecule has 71 valence electrons. The number of hydrogen-bond donors (Lipinski definition) is 1. The highest BCUT2D eigenvalue weighted by Gasteiger charge is 2.33. The largest absolute Gasteiger partial charge is 0.369 e. The summed E-state index contributed by atoms with van der Waals surface area (Å²) in [7, 11) is -3.17.